The highest BCUT2D eigenvalue weighted by Crippen LogP contribution is 2.51. The van der Waals surface area contributed by atoms with Gasteiger partial charge in [0.2, 0.25) is 41.4 Å². The zero-order chi connectivity index (χ0) is 42.5. The lowest BCUT2D eigenvalue weighted by molar-refractivity contribution is -0.150. The molecule has 0 saturated heterocycles. The molecule has 7 amide bonds. The summed E-state index contributed by atoms with van der Waals surface area (Å²) in [5.74, 6) is -3.00. The lowest BCUT2D eigenvalue weighted by Crippen LogP contribution is -2.60. The Morgan fingerprint density at radius 3 is 1.44 bits per heavy atom. The molecule has 2 aliphatic carbocycles. The number of rotatable bonds is 20. The average Bonchev–Trinajstić information content (AvgIpc) is 3.97. The van der Waals surface area contributed by atoms with Crippen molar-refractivity contribution in [3.8, 4) is 0 Å². The maximum absolute atomic E-state index is 14.2. The first kappa shape index (κ1) is 47.4. The summed E-state index contributed by atoms with van der Waals surface area (Å²) in [7, 11) is 5.99. The highest BCUT2D eigenvalue weighted by molar-refractivity contribution is 5.97. The van der Waals surface area contributed by atoms with E-state index in [0.717, 1.165) is 0 Å². The summed E-state index contributed by atoms with van der Waals surface area (Å²) in [6, 6.07) is -5.91. The standard InChI is InChI=1S/C40H71N7O8/c1-19(2)16-29(34(41)49)42-35(50)26(9)44(12)38(53)27(10)46(14)40(55)33(32-23(6)24(32)7)43-36(51)30(17-20(3)18-48)47(15)39(54)28(11)45(13)37(52)25(8)31-21(4)22(31)5/h19-33,48H,16-18H2,1-15H3,(H2,41,49)(H,42,50)(H,43,51)/t20?,21-,22-,23-,24-,25+,26+,27-,28-,29+,30-,33-/m0/s1. The van der Waals surface area contributed by atoms with E-state index in [1.807, 2.05) is 34.6 Å². The summed E-state index contributed by atoms with van der Waals surface area (Å²) in [6.07, 6.45) is 0.435. The average molecular weight is 778 g/mol. The first-order valence-corrected chi connectivity index (χ1v) is 19.9. The van der Waals surface area contributed by atoms with Crippen LogP contribution in [0.25, 0.3) is 0 Å². The molecule has 55 heavy (non-hydrogen) atoms. The van der Waals surface area contributed by atoms with Crippen LogP contribution in [0.2, 0.25) is 0 Å². The molecular weight excluding hydrogens is 706 g/mol. The Balaban J connectivity index is 2.28. The first-order chi connectivity index (χ1) is 25.3. The van der Waals surface area contributed by atoms with Gasteiger partial charge in [-0.05, 0) is 81.0 Å². The van der Waals surface area contributed by atoms with Gasteiger partial charge in [0.05, 0.1) is 0 Å². The van der Waals surface area contributed by atoms with Crippen LogP contribution in [-0.2, 0) is 33.6 Å². The van der Waals surface area contributed by atoms with E-state index in [0.29, 0.717) is 18.3 Å². The van der Waals surface area contributed by atoms with Gasteiger partial charge in [0.25, 0.3) is 0 Å². The number of likely N-dealkylation sites (N-methyl/N-ethyl adjacent to an activating group) is 4. The number of nitrogens with zero attached hydrogens (tertiary/aromatic N) is 4. The third kappa shape index (κ3) is 11.2. The summed E-state index contributed by atoms with van der Waals surface area (Å²) in [6.45, 7) is 20.0. The number of aliphatic hydroxyl groups is 1. The summed E-state index contributed by atoms with van der Waals surface area (Å²) in [4.78, 5) is 99.6. The van der Waals surface area contributed by atoms with Crippen molar-refractivity contribution >= 4 is 41.4 Å². The summed E-state index contributed by atoms with van der Waals surface area (Å²) < 4.78 is 0. The minimum Gasteiger partial charge on any atom is -0.396 e. The van der Waals surface area contributed by atoms with Gasteiger partial charge in [0.15, 0.2) is 0 Å². The van der Waals surface area contributed by atoms with Crippen molar-refractivity contribution in [2.45, 2.75) is 125 Å². The summed E-state index contributed by atoms with van der Waals surface area (Å²) in [5.41, 5.74) is 5.49. The van der Waals surface area contributed by atoms with E-state index in [9.17, 15) is 38.7 Å². The van der Waals surface area contributed by atoms with Gasteiger partial charge in [0.1, 0.15) is 36.3 Å². The number of nitrogens with two attached hydrogens (primary N) is 1. The molecule has 5 N–H and O–H groups in total. The number of nitrogens with one attached hydrogen (secondary N) is 2. The Morgan fingerprint density at radius 2 is 1.02 bits per heavy atom. The maximum Gasteiger partial charge on any atom is 0.245 e. The molecule has 0 bridgehead atoms. The van der Waals surface area contributed by atoms with E-state index in [1.54, 1.807) is 20.9 Å². The zero-order valence-electron chi connectivity index (χ0n) is 36.0. The van der Waals surface area contributed by atoms with Gasteiger partial charge in [-0.2, -0.15) is 0 Å². The molecule has 15 nitrogen and oxygen atoms in total. The second-order valence-electron chi connectivity index (χ2n) is 17.3. The van der Waals surface area contributed by atoms with Crippen molar-refractivity contribution < 1.29 is 38.7 Å². The topological polar surface area (TPSA) is 203 Å². The minimum absolute atomic E-state index is 0.0804. The molecule has 0 aromatic rings. The van der Waals surface area contributed by atoms with Crippen LogP contribution in [0.3, 0.4) is 0 Å². The monoisotopic (exact) mass is 778 g/mol. The molecule has 2 fully saturated rings. The van der Waals surface area contributed by atoms with Crippen LogP contribution in [0, 0.1) is 53.3 Å². The number of carbonyl (C=O) groups is 7. The molecule has 314 valence electrons. The third-order valence-electron chi connectivity index (χ3n) is 13.0. The number of hydrogen-bond acceptors (Lipinski definition) is 8. The van der Waals surface area contributed by atoms with Crippen molar-refractivity contribution in [2.75, 3.05) is 34.8 Å². The van der Waals surface area contributed by atoms with Crippen LogP contribution in [0.1, 0.15) is 89.0 Å². The number of aliphatic hydroxyl groups excluding tert-OH is 1. The molecule has 2 rings (SSSR count). The molecule has 1 unspecified atom stereocenters. The lowest BCUT2D eigenvalue weighted by atomic mass is 9.98. The lowest BCUT2D eigenvalue weighted by Gasteiger charge is -2.36. The Labute approximate surface area is 328 Å². The fourth-order valence-electron chi connectivity index (χ4n) is 7.93. The van der Waals surface area contributed by atoms with Gasteiger partial charge in [-0.3, -0.25) is 33.6 Å². The van der Waals surface area contributed by atoms with Gasteiger partial charge >= 0.3 is 0 Å². The predicted octanol–water partition coefficient (Wildman–Crippen LogP) is 1.31. The van der Waals surface area contributed by atoms with Crippen molar-refractivity contribution in [3.63, 3.8) is 0 Å². The van der Waals surface area contributed by atoms with Gasteiger partial charge < -0.3 is 41.1 Å². The molecule has 12 atom stereocenters. The van der Waals surface area contributed by atoms with Gasteiger partial charge in [-0.25, -0.2) is 0 Å². The van der Waals surface area contributed by atoms with E-state index in [1.165, 1.54) is 54.6 Å². The molecule has 2 saturated carbocycles. The van der Waals surface area contributed by atoms with Crippen LogP contribution in [0.4, 0.5) is 0 Å². The quantitative estimate of drug-likeness (QED) is 0.142. The van der Waals surface area contributed by atoms with Gasteiger partial charge in [-0.1, -0.05) is 55.4 Å². The third-order valence-corrected chi connectivity index (χ3v) is 13.0. The van der Waals surface area contributed by atoms with E-state index < -0.39 is 71.7 Å². The van der Waals surface area contributed by atoms with Crippen LogP contribution < -0.4 is 16.4 Å². The zero-order valence-corrected chi connectivity index (χ0v) is 36.0. The van der Waals surface area contributed by atoms with E-state index in [4.69, 9.17) is 5.73 Å². The summed E-state index contributed by atoms with van der Waals surface area (Å²) in [5, 5.41) is 15.5. The molecule has 0 aromatic carbocycles. The molecule has 0 aliphatic heterocycles. The molecule has 2 aliphatic rings. The fourth-order valence-corrected chi connectivity index (χ4v) is 7.93. The Morgan fingerprint density at radius 1 is 0.582 bits per heavy atom. The van der Waals surface area contributed by atoms with Crippen molar-refractivity contribution in [1.29, 1.82) is 0 Å². The fraction of sp³-hybridized carbons (Fsp3) is 0.825. The maximum atomic E-state index is 14.2. The second-order valence-corrected chi connectivity index (χ2v) is 17.3. The normalized spacial score (nSPS) is 25.8. The summed E-state index contributed by atoms with van der Waals surface area (Å²) >= 11 is 0. The predicted molar refractivity (Wildman–Crippen MR) is 209 cm³/mol. The van der Waals surface area contributed by atoms with Gasteiger partial charge in [0, 0.05) is 40.7 Å². The molecule has 0 spiro atoms. The van der Waals surface area contributed by atoms with Crippen molar-refractivity contribution in [3.05, 3.63) is 0 Å². The van der Waals surface area contributed by atoms with Crippen LogP contribution >= 0.6 is 0 Å². The molecular formula is C40H71N7O8. The largest absolute Gasteiger partial charge is 0.396 e. The van der Waals surface area contributed by atoms with Crippen molar-refractivity contribution in [2.24, 2.45) is 59.0 Å². The van der Waals surface area contributed by atoms with Crippen LogP contribution in [0.15, 0.2) is 0 Å². The van der Waals surface area contributed by atoms with Crippen LogP contribution in [-0.4, -0.2) is 137 Å². The van der Waals surface area contributed by atoms with E-state index in [2.05, 4.69) is 24.5 Å². The highest BCUT2D eigenvalue weighted by atomic mass is 16.3. The highest BCUT2D eigenvalue weighted by Gasteiger charge is 2.53. The van der Waals surface area contributed by atoms with Crippen molar-refractivity contribution in [1.82, 2.24) is 30.2 Å². The second kappa shape index (κ2) is 19.4. The minimum atomic E-state index is -1.07. The van der Waals surface area contributed by atoms with Gasteiger partial charge in [-0.15, -0.1) is 0 Å². The molecule has 0 aromatic heterocycles. The molecule has 0 heterocycles. The Hall–Kier alpha value is -3.75. The van der Waals surface area contributed by atoms with E-state index >= 15 is 0 Å². The Kier molecular flexibility index (Phi) is 16.7. The SMILES string of the molecule is CC(C)C[C@@H](NC(=O)[C@@H](C)N(C)C(=O)[C@H](C)N(C)C(=O)[C@@H](NC(=O)[C@H](CC(C)CO)N(C)C(=O)[C@H](C)N(C)C(=O)[C@H](C)C1[C@@H](C)[C@@H]1C)C1[C@@H](C)[C@@H]1C)C(N)=O. The number of hydrogen-bond donors (Lipinski definition) is 4. The van der Waals surface area contributed by atoms with Crippen LogP contribution in [0.5, 0.6) is 0 Å². The first-order valence-electron chi connectivity index (χ1n) is 19.9. The smallest absolute Gasteiger partial charge is 0.245 e. The van der Waals surface area contributed by atoms with E-state index in [-0.39, 0.29) is 60.4 Å². The Bertz CT molecular complexity index is 1410. The number of carbonyl (C=O) groups excluding carboxylic acids is 7. The molecule has 0 radical (unpaired) electrons. The molecule has 15 heteroatoms. The number of amides is 7. The number of primary amides is 1.